The molecule has 1 aliphatic rings. The largest absolute Gasteiger partial charge is 0.370 e. The second-order valence-electron chi connectivity index (χ2n) is 3.67. The lowest BCUT2D eigenvalue weighted by Gasteiger charge is -2.34. The van der Waals surface area contributed by atoms with Crippen molar-refractivity contribution in [1.82, 2.24) is 0 Å². The zero-order chi connectivity index (χ0) is 9.19. The fraction of sp³-hybridized carbons (Fsp3) is 0.875. The molecule has 1 amide bonds. The van der Waals surface area contributed by atoms with Crippen molar-refractivity contribution >= 4 is 17.7 Å². The van der Waals surface area contributed by atoms with Crippen LogP contribution in [0.2, 0.25) is 0 Å². The predicted molar refractivity (Wildman–Crippen MR) is 51.9 cm³/mol. The molecule has 3 nitrogen and oxygen atoms in total. The topological polar surface area (TPSA) is 69.1 Å². The summed E-state index contributed by atoms with van der Waals surface area (Å²) in [6.45, 7) is 2.19. The first-order valence-electron chi connectivity index (χ1n) is 4.21. The van der Waals surface area contributed by atoms with Crippen molar-refractivity contribution in [3.8, 4) is 0 Å². The third kappa shape index (κ3) is 2.68. The monoisotopic (exact) mass is 188 g/mol. The van der Waals surface area contributed by atoms with Crippen molar-refractivity contribution in [2.45, 2.75) is 37.0 Å². The summed E-state index contributed by atoms with van der Waals surface area (Å²) in [5, 5.41) is 0.676. The molecule has 0 saturated carbocycles. The van der Waals surface area contributed by atoms with Gasteiger partial charge in [-0.15, -0.1) is 0 Å². The van der Waals surface area contributed by atoms with E-state index < -0.39 is 0 Å². The summed E-state index contributed by atoms with van der Waals surface area (Å²) in [5.41, 5.74) is 10.8. The van der Waals surface area contributed by atoms with Crippen molar-refractivity contribution in [3.63, 3.8) is 0 Å². The van der Waals surface area contributed by atoms with Crippen LogP contribution in [0.25, 0.3) is 0 Å². The third-order valence-corrected chi connectivity index (χ3v) is 3.78. The summed E-state index contributed by atoms with van der Waals surface area (Å²) in [6, 6.07) is 0. The van der Waals surface area contributed by atoms with Gasteiger partial charge in [-0.3, -0.25) is 4.79 Å². The Morgan fingerprint density at radius 3 is 2.83 bits per heavy atom. The number of primary amides is 1. The standard InChI is InChI=1S/C8H16N2OS/c1-6-2-3-8(10,5-12-6)4-7(9)11/h6H,2-5,10H2,1H3,(H2,9,11). The maximum atomic E-state index is 10.7. The van der Waals surface area contributed by atoms with E-state index in [1.807, 2.05) is 11.8 Å². The third-order valence-electron chi connectivity index (χ3n) is 2.23. The Kier molecular flexibility index (Phi) is 3.01. The zero-order valence-electron chi connectivity index (χ0n) is 7.38. The molecule has 4 N–H and O–H groups in total. The lowest BCUT2D eigenvalue weighted by Crippen LogP contribution is -2.48. The molecule has 0 spiro atoms. The maximum absolute atomic E-state index is 10.7. The van der Waals surface area contributed by atoms with Gasteiger partial charge in [-0.05, 0) is 12.8 Å². The van der Waals surface area contributed by atoms with Crippen molar-refractivity contribution in [3.05, 3.63) is 0 Å². The minimum absolute atomic E-state index is 0.285. The molecule has 0 aromatic rings. The van der Waals surface area contributed by atoms with Gasteiger partial charge >= 0.3 is 0 Å². The van der Waals surface area contributed by atoms with E-state index in [1.54, 1.807) is 0 Å². The van der Waals surface area contributed by atoms with Crippen LogP contribution in [0, 0.1) is 0 Å². The number of hydrogen-bond acceptors (Lipinski definition) is 3. The molecule has 0 bridgehead atoms. The van der Waals surface area contributed by atoms with E-state index >= 15 is 0 Å². The normalized spacial score (nSPS) is 36.3. The highest BCUT2D eigenvalue weighted by Crippen LogP contribution is 2.32. The van der Waals surface area contributed by atoms with E-state index in [0.29, 0.717) is 11.7 Å². The lowest BCUT2D eigenvalue weighted by atomic mass is 9.91. The summed E-state index contributed by atoms with van der Waals surface area (Å²) in [7, 11) is 0. The van der Waals surface area contributed by atoms with Crippen LogP contribution in [-0.2, 0) is 4.79 Å². The number of amides is 1. The van der Waals surface area contributed by atoms with Gasteiger partial charge in [-0.2, -0.15) is 11.8 Å². The van der Waals surface area contributed by atoms with Crippen LogP contribution < -0.4 is 11.5 Å². The van der Waals surface area contributed by atoms with Crippen LogP contribution in [0.15, 0.2) is 0 Å². The number of thioether (sulfide) groups is 1. The SMILES string of the molecule is CC1CCC(N)(CC(N)=O)CS1. The Hall–Kier alpha value is -0.220. The fourth-order valence-electron chi connectivity index (χ4n) is 1.44. The van der Waals surface area contributed by atoms with Crippen molar-refractivity contribution in [1.29, 1.82) is 0 Å². The number of carbonyl (C=O) groups excluding carboxylic acids is 1. The number of carbonyl (C=O) groups is 1. The zero-order valence-corrected chi connectivity index (χ0v) is 8.19. The first-order valence-corrected chi connectivity index (χ1v) is 5.25. The van der Waals surface area contributed by atoms with E-state index in [0.717, 1.165) is 18.6 Å². The highest BCUT2D eigenvalue weighted by Gasteiger charge is 2.31. The van der Waals surface area contributed by atoms with Crippen LogP contribution in [0.1, 0.15) is 26.2 Å². The molecular formula is C8H16N2OS. The van der Waals surface area contributed by atoms with Crippen LogP contribution in [-0.4, -0.2) is 22.4 Å². The smallest absolute Gasteiger partial charge is 0.219 e. The predicted octanol–water partition coefficient (Wildman–Crippen LogP) is 0.475. The van der Waals surface area contributed by atoms with E-state index in [1.165, 1.54) is 0 Å². The first-order chi connectivity index (χ1) is 5.52. The van der Waals surface area contributed by atoms with E-state index in [4.69, 9.17) is 11.5 Å². The maximum Gasteiger partial charge on any atom is 0.219 e. The van der Waals surface area contributed by atoms with Gasteiger partial charge in [0.25, 0.3) is 0 Å². The molecule has 0 aromatic heterocycles. The summed E-state index contributed by atoms with van der Waals surface area (Å²) >= 11 is 1.83. The van der Waals surface area contributed by atoms with Gasteiger partial charge in [0, 0.05) is 23.0 Å². The van der Waals surface area contributed by atoms with Crippen molar-refractivity contribution < 1.29 is 4.79 Å². The van der Waals surface area contributed by atoms with Gasteiger partial charge in [0.05, 0.1) is 0 Å². The molecular weight excluding hydrogens is 172 g/mol. The van der Waals surface area contributed by atoms with E-state index in [9.17, 15) is 4.79 Å². The molecule has 0 radical (unpaired) electrons. The van der Waals surface area contributed by atoms with Gasteiger partial charge < -0.3 is 11.5 Å². The van der Waals surface area contributed by atoms with E-state index in [-0.39, 0.29) is 11.4 Å². The van der Waals surface area contributed by atoms with Crippen LogP contribution >= 0.6 is 11.8 Å². The average molecular weight is 188 g/mol. The minimum atomic E-state index is -0.330. The quantitative estimate of drug-likeness (QED) is 0.662. The molecule has 2 unspecified atom stereocenters. The summed E-state index contributed by atoms with van der Waals surface area (Å²) < 4.78 is 0. The minimum Gasteiger partial charge on any atom is -0.370 e. The Balaban J connectivity index is 2.44. The molecule has 1 saturated heterocycles. The summed E-state index contributed by atoms with van der Waals surface area (Å²) in [4.78, 5) is 10.7. The van der Waals surface area contributed by atoms with Gasteiger partial charge in [0.1, 0.15) is 0 Å². The molecule has 2 atom stereocenters. The molecule has 1 aliphatic heterocycles. The number of rotatable bonds is 2. The van der Waals surface area contributed by atoms with Gasteiger partial charge in [0.2, 0.25) is 5.91 Å². The molecule has 4 heteroatoms. The molecule has 70 valence electrons. The Labute approximate surface area is 77.3 Å². The average Bonchev–Trinajstić information content (AvgIpc) is 1.94. The molecule has 12 heavy (non-hydrogen) atoms. The van der Waals surface area contributed by atoms with Gasteiger partial charge in [-0.25, -0.2) is 0 Å². The summed E-state index contributed by atoms with van der Waals surface area (Å²) in [5.74, 6) is 0.574. The molecule has 0 aliphatic carbocycles. The highest BCUT2D eigenvalue weighted by molar-refractivity contribution is 8.00. The van der Waals surface area contributed by atoms with Crippen LogP contribution in [0.5, 0.6) is 0 Å². The Bertz CT molecular complexity index is 176. The van der Waals surface area contributed by atoms with Gasteiger partial charge in [0.15, 0.2) is 0 Å². The fourth-order valence-corrected chi connectivity index (χ4v) is 2.59. The molecule has 0 aromatic carbocycles. The Morgan fingerprint density at radius 2 is 2.42 bits per heavy atom. The lowest BCUT2D eigenvalue weighted by molar-refractivity contribution is -0.119. The number of nitrogens with two attached hydrogens (primary N) is 2. The van der Waals surface area contributed by atoms with Crippen molar-refractivity contribution in [2.24, 2.45) is 11.5 Å². The van der Waals surface area contributed by atoms with E-state index in [2.05, 4.69) is 6.92 Å². The second kappa shape index (κ2) is 3.66. The van der Waals surface area contributed by atoms with Crippen LogP contribution in [0.3, 0.4) is 0 Å². The van der Waals surface area contributed by atoms with Crippen LogP contribution in [0.4, 0.5) is 0 Å². The molecule has 1 heterocycles. The highest BCUT2D eigenvalue weighted by atomic mass is 32.2. The summed E-state index contributed by atoms with van der Waals surface area (Å²) in [6.07, 6.45) is 2.34. The van der Waals surface area contributed by atoms with Crippen molar-refractivity contribution in [2.75, 3.05) is 5.75 Å². The first kappa shape index (κ1) is 9.86. The second-order valence-corrected chi connectivity index (χ2v) is 5.09. The number of hydrogen-bond donors (Lipinski definition) is 2. The molecule has 1 fully saturated rings. The molecule has 1 rings (SSSR count). The Morgan fingerprint density at radius 1 is 1.75 bits per heavy atom. The van der Waals surface area contributed by atoms with Gasteiger partial charge in [-0.1, -0.05) is 6.92 Å².